The Morgan fingerprint density at radius 1 is 1.05 bits per heavy atom. The first-order valence-corrected chi connectivity index (χ1v) is 15.6. The second-order valence-electron chi connectivity index (χ2n) is 9.93. The molecule has 2 amide bonds. The molecule has 2 aliphatic rings. The second-order valence-corrected chi connectivity index (χ2v) is 14.7. The van der Waals surface area contributed by atoms with Gasteiger partial charge in [0, 0.05) is 18.5 Å². The van der Waals surface area contributed by atoms with Crippen molar-refractivity contribution in [3.8, 4) is 5.75 Å². The minimum absolute atomic E-state index is 0.0821. The number of amides is 2. The third kappa shape index (κ3) is 6.08. The van der Waals surface area contributed by atoms with Crippen LogP contribution in [0.5, 0.6) is 5.75 Å². The van der Waals surface area contributed by atoms with Crippen LogP contribution in [0.15, 0.2) is 24.3 Å². The molecule has 1 aromatic rings. The quantitative estimate of drug-likeness (QED) is 0.359. The first kappa shape index (κ1) is 29.3. The molecule has 0 spiro atoms. The molecule has 1 saturated heterocycles. The molecule has 0 N–H and O–H groups in total. The summed E-state index contributed by atoms with van der Waals surface area (Å²) < 4.78 is 58.7. The first-order chi connectivity index (χ1) is 17.6. The van der Waals surface area contributed by atoms with Crippen molar-refractivity contribution in [2.45, 2.75) is 89.0 Å². The number of rotatable bonds is 10. The van der Waals surface area contributed by atoms with E-state index in [1.807, 2.05) is 0 Å². The van der Waals surface area contributed by atoms with Gasteiger partial charge in [-0.1, -0.05) is 39.3 Å². The molecule has 1 heterocycles. The van der Waals surface area contributed by atoms with E-state index < -0.39 is 38.6 Å². The van der Waals surface area contributed by atoms with Crippen molar-refractivity contribution in [3.05, 3.63) is 29.8 Å². The van der Waals surface area contributed by atoms with E-state index in [4.69, 9.17) is 13.9 Å². The van der Waals surface area contributed by atoms with Crippen LogP contribution >= 0.6 is 0 Å². The summed E-state index contributed by atoms with van der Waals surface area (Å²) in [6, 6.07) is 7.33. The Balaban J connectivity index is 2.06. The zero-order valence-corrected chi connectivity index (χ0v) is 23.3. The van der Waals surface area contributed by atoms with Crippen LogP contribution in [0.25, 0.3) is 0 Å². The van der Waals surface area contributed by atoms with Gasteiger partial charge in [-0.05, 0) is 48.7 Å². The third-order valence-corrected chi connectivity index (χ3v) is 13.0. The number of carbonyl (C=O) groups excluding carboxylic acids is 2. The van der Waals surface area contributed by atoms with Crippen molar-refractivity contribution in [3.63, 3.8) is 0 Å². The zero-order valence-electron chi connectivity index (χ0n) is 22.3. The van der Waals surface area contributed by atoms with E-state index in [0.717, 1.165) is 29.5 Å². The van der Waals surface area contributed by atoms with Crippen LogP contribution in [0.1, 0.15) is 45.6 Å². The van der Waals surface area contributed by atoms with Gasteiger partial charge in [0.2, 0.25) is 0 Å². The molecule has 1 aliphatic heterocycles. The Morgan fingerprint density at radius 2 is 1.68 bits per heavy atom. The summed E-state index contributed by atoms with van der Waals surface area (Å²) in [6.45, 7) is 6.06. The predicted octanol–water partition coefficient (Wildman–Crippen LogP) is 5.60. The second kappa shape index (κ2) is 12.1. The minimum atomic E-state index is -5.06. The average molecular weight is 545 g/mol. The lowest BCUT2D eigenvalue weighted by Crippen LogP contribution is -2.56. The highest BCUT2D eigenvalue weighted by Gasteiger charge is 2.58. The number of alkyl halides is 3. The van der Waals surface area contributed by atoms with E-state index in [1.54, 1.807) is 29.2 Å². The molecular formula is C26H39F3N2O5Si. The van der Waals surface area contributed by atoms with Crippen LogP contribution in [-0.2, 0) is 20.5 Å². The molecule has 208 valence electrons. The summed E-state index contributed by atoms with van der Waals surface area (Å²) >= 11 is 0. The van der Waals surface area contributed by atoms with Crippen molar-refractivity contribution in [1.82, 2.24) is 9.80 Å². The standard InChI is InChI=1S/C26H39F3N2O5Si/c1-6-37(7-2,8-3)36-17-22-23(20-10-9-11-21(20)31(22)25(33)35-5)30(24(32)26(27,28)29)16-18-12-14-19(34-4)15-13-18/h12-15,20-23H,6-11,16-17H2,1-5H3/t20-,21+,22-,23-/m0/s1. The highest BCUT2D eigenvalue weighted by atomic mass is 28.4. The molecule has 11 heteroatoms. The molecule has 3 rings (SSSR count). The van der Waals surface area contributed by atoms with Crippen LogP contribution in [0.4, 0.5) is 18.0 Å². The van der Waals surface area contributed by atoms with E-state index in [9.17, 15) is 22.8 Å². The van der Waals surface area contributed by atoms with E-state index in [2.05, 4.69) is 20.8 Å². The molecule has 1 aliphatic carbocycles. The summed E-state index contributed by atoms with van der Waals surface area (Å²) in [7, 11) is 0.653. The predicted molar refractivity (Wildman–Crippen MR) is 136 cm³/mol. The molecule has 1 saturated carbocycles. The first-order valence-electron chi connectivity index (χ1n) is 13.1. The van der Waals surface area contributed by atoms with Gasteiger partial charge in [0.05, 0.1) is 32.9 Å². The molecule has 37 heavy (non-hydrogen) atoms. The van der Waals surface area contributed by atoms with E-state index in [0.29, 0.717) is 24.2 Å². The summed E-state index contributed by atoms with van der Waals surface area (Å²) in [6.07, 6.45) is -3.60. The van der Waals surface area contributed by atoms with Gasteiger partial charge in [-0.3, -0.25) is 9.69 Å². The largest absolute Gasteiger partial charge is 0.497 e. The van der Waals surface area contributed by atoms with E-state index in [-0.39, 0.29) is 25.1 Å². The van der Waals surface area contributed by atoms with Gasteiger partial charge in [0.25, 0.3) is 0 Å². The molecule has 2 fully saturated rings. The number of hydrogen-bond acceptors (Lipinski definition) is 5. The number of ether oxygens (including phenoxy) is 2. The third-order valence-electron chi connectivity index (χ3n) is 8.33. The average Bonchev–Trinajstić information content (AvgIpc) is 3.48. The van der Waals surface area contributed by atoms with E-state index >= 15 is 0 Å². The van der Waals surface area contributed by atoms with Gasteiger partial charge in [0.1, 0.15) is 5.75 Å². The van der Waals surface area contributed by atoms with Crippen molar-refractivity contribution in [1.29, 1.82) is 0 Å². The van der Waals surface area contributed by atoms with Gasteiger partial charge in [-0.2, -0.15) is 13.2 Å². The maximum absolute atomic E-state index is 14.0. The van der Waals surface area contributed by atoms with Crippen molar-refractivity contribution in [2.75, 3.05) is 20.8 Å². The van der Waals surface area contributed by atoms with Crippen LogP contribution < -0.4 is 4.74 Å². The van der Waals surface area contributed by atoms with Crippen LogP contribution in [0.3, 0.4) is 0 Å². The minimum Gasteiger partial charge on any atom is -0.497 e. The van der Waals surface area contributed by atoms with Gasteiger partial charge in [-0.25, -0.2) is 4.79 Å². The van der Waals surface area contributed by atoms with Gasteiger partial charge < -0.3 is 18.8 Å². The molecule has 1 aromatic carbocycles. The summed E-state index contributed by atoms with van der Waals surface area (Å²) in [5.74, 6) is -1.63. The highest BCUT2D eigenvalue weighted by Crippen LogP contribution is 2.45. The molecule has 0 unspecified atom stereocenters. The number of fused-ring (bicyclic) bond motifs is 1. The molecule has 4 atom stereocenters. The lowest BCUT2D eigenvalue weighted by Gasteiger charge is -2.39. The fourth-order valence-electron chi connectivity index (χ4n) is 6.12. The molecule has 7 nitrogen and oxygen atoms in total. The molecule has 0 radical (unpaired) electrons. The number of likely N-dealkylation sites (tertiary alicyclic amines) is 1. The Hall–Kier alpha value is -2.27. The number of benzene rings is 1. The zero-order chi connectivity index (χ0) is 27.4. The van der Waals surface area contributed by atoms with E-state index in [1.165, 1.54) is 14.2 Å². The smallest absolute Gasteiger partial charge is 0.471 e. The maximum Gasteiger partial charge on any atom is 0.471 e. The topological polar surface area (TPSA) is 68.3 Å². The molecule has 0 aromatic heterocycles. The van der Waals surface area contributed by atoms with Crippen LogP contribution in [-0.4, -0.2) is 75.2 Å². The summed E-state index contributed by atoms with van der Waals surface area (Å²) in [5.41, 5.74) is 0.545. The molecular weight excluding hydrogens is 505 g/mol. The maximum atomic E-state index is 14.0. The fourth-order valence-corrected chi connectivity index (χ4v) is 8.76. The molecule has 0 bridgehead atoms. The van der Waals surface area contributed by atoms with Gasteiger partial charge >= 0.3 is 18.2 Å². The normalized spacial score (nSPS) is 23.6. The van der Waals surface area contributed by atoms with Crippen LogP contribution in [0, 0.1) is 5.92 Å². The monoisotopic (exact) mass is 544 g/mol. The summed E-state index contributed by atoms with van der Waals surface area (Å²) in [4.78, 5) is 28.4. The van der Waals surface area contributed by atoms with Crippen molar-refractivity contribution >= 4 is 20.3 Å². The fraction of sp³-hybridized carbons (Fsp3) is 0.692. The van der Waals surface area contributed by atoms with Gasteiger partial charge in [0.15, 0.2) is 8.32 Å². The Labute approximate surface area is 218 Å². The number of halogens is 3. The number of carbonyl (C=O) groups is 2. The highest BCUT2D eigenvalue weighted by molar-refractivity contribution is 6.73. The van der Waals surface area contributed by atoms with Crippen LogP contribution in [0.2, 0.25) is 18.1 Å². The number of hydrogen-bond donors (Lipinski definition) is 0. The lowest BCUT2D eigenvalue weighted by atomic mass is 9.93. The Morgan fingerprint density at radius 3 is 2.19 bits per heavy atom. The SMILES string of the molecule is CC[Si](CC)(CC)OC[C@H]1[C@@H](N(Cc2ccc(OC)cc2)C(=O)C(F)(F)F)[C@H]2CCC[C@H]2N1C(=O)OC. The Bertz CT molecular complexity index is 918. The van der Waals surface area contributed by atoms with Gasteiger partial charge in [-0.15, -0.1) is 0 Å². The number of nitrogens with zero attached hydrogens (tertiary/aromatic N) is 2. The number of methoxy groups -OCH3 is 2. The summed E-state index contributed by atoms with van der Waals surface area (Å²) in [5, 5.41) is 0. The van der Waals surface area contributed by atoms with Crippen molar-refractivity contribution < 1.29 is 36.7 Å². The lowest BCUT2D eigenvalue weighted by molar-refractivity contribution is -0.190. The van der Waals surface area contributed by atoms with Crippen molar-refractivity contribution in [2.24, 2.45) is 5.92 Å². The Kier molecular flexibility index (Phi) is 9.55.